The molecule has 1 heterocycles. The summed E-state index contributed by atoms with van der Waals surface area (Å²) in [5.74, 6) is -3.86. The lowest BCUT2D eigenvalue weighted by molar-refractivity contribution is -0.119. The molecular formula is C25H39F5N4O. The van der Waals surface area contributed by atoms with Gasteiger partial charge in [-0.2, -0.15) is 13.2 Å². The van der Waals surface area contributed by atoms with E-state index in [1.165, 1.54) is 24.1 Å². The molecule has 0 atom stereocenters. The van der Waals surface area contributed by atoms with Gasteiger partial charge in [0.05, 0.1) is 6.42 Å². The number of amidine groups is 1. The van der Waals surface area contributed by atoms with Crippen LogP contribution in [0.2, 0.25) is 0 Å². The molecular weight excluding hydrogens is 467 g/mol. The highest BCUT2D eigenvalue weighted by Gasteiger charge is 2.42. The molecule has 35 heavy (non-hydrogen) atoms. The molecule has 10 heteroatoms. The number of hydrogen-bond acceptors (Lipinski definition) is 3. The summed E-state index contributed by atoms with van der Waals surface area (Å²) in [4.78, 5) is 17.8. The topological polar surface area (TPSA) is 70.7 Å². The molecule has 0 aliphatic carbocycles. The summed E-state index contributed by atoms with van der Waals surface area (Å²) in [6.45, 7) is 13.4. The van der Waals surface area contributed by atoms with E-state index in [0.29, 0.717) is 12.1 Å². The quantitative estimate of drug-likeness (QED) is 0.180. The number of nitrogens with one attached hydrogen (secondary N) is 1. The maximum atomic E-state index is 14.3. The minimum atomic E-state index is -4.82. The third kappa shape index (κ3) is 11.6. The Hall–Kier alpha value is -2.65. The predicted molar refractivity (Wildman–Crippen MR) is 132 cm³/mol. The highest BCUT2D eigenvalue weighted by Crippen LogP contribution is 2.39. The van der Waals surface area contributed by atoms with E-state index >= 15 is 0 Å². The maximum absolute atomic E-state index is 14.3. The van der Waals surface area contributed by atoms with Gasteiger partial charge in [-0.25, -0.2) is 13.8 Å². The van der Waals surface area contributed by atoms with Crippen LogP contribution in [0.4, 0.5) is 22.0 Å². The van der Waals surface area contributed by atoms with Crippen LogP contribution >= 0.6 is 0 Å². The largest absolute Gasteiger partial charge is 0.433 e. The molecule has 0 unspecified atom stereocenters. The van der Waals surface area contributed by atoms with E-state index < -0.39 is 48.4 Å². The third-order valence-corrected chi connectivity index (χ3v) is 4.96. The van der Waals surface area contributed by atoms with Crippen molar-refractivity contribution < 1.29 is 26.7 Å². The average molecular weight is 507 g/mol. The summed E-state index contributed by atoms with van der Waals surface area (Å²) >= 11 is 0. The van der Waals surface area contributed by atoms with Gasteiger partial charge >= 0.3 is 6.18 Å². The summed E-state index contributed by atoms with van der Waals surface area (Å²) in [6, 6.07) is 0. The zero-order valence-electron chi connectivity index (χ0n) is 21.5. The predicted octanol–water partition coefficient (Wildman–Crippen LogP) is 6.46. The number of carbonyl (C=O) groups is 1. The zero-order valence-corrected chi connectivity index (χ0v) is 21.5. The van der Waals surface area contributed by atoms with E-state index in [0.717, 1.165) is 6.08 Å². The minimum Gasteiger partial charge on any atom is -0.405 e. The van der Waals surface area contributed by atoms with Gasteiger partial charge in [0.25, 0.3) is 0 Å². The Kier molecular flexibility index (Phi) is 13.0. The second-order valence-corrected chi connectivity index (χ2v) is 8.78. The fraction of sp³-hybridized carbons (Fsp3) is 0.600. The Balaban J connectivity index is 0.00000562. The Morgan fingerprint density at radius 1 is 1.26 bits per heavy atom. The van der Waals surface area contributed by atoms with Crippen molar-refractivity contribution in [3.8, 4) is 0 Å². The number of nitrogens with zero attached hydrogens (tertiary/aromatic N) is 2. The molecule has 5 nitrogen and oxygen atoms in total. The van der Waals surface area contributed by atoms with Gasteiger partial charge in [0.1, 0.15) is 11.5 Å². The van der Waals surface area contributed by atoms with Gasteiger partial charge in [0.15, 0.2) is 0 Å². The summed E-state index contributed by atoms with van der Waals surface area (Å²) in [5, 5.41) is 2.58. The molecule has 3 N–H and O–H groups in total. The molecule has 0 aromatic carbocycles. The van der Waals surface area contributed by atoms with Crippen LogP contribution in [0.15, 0.2) is 53.0 Å². The summed E-state index contributed by atoms with van der Waals surface area (Å²) in [6.07, 6.45) is -0.407. The number of nitrogens with two attached hydrogens (primary N) is 1. The van der Waals surface area contributed by atoms with E-state index in [1.807, 2.05) is 20.8 Å². The van der Waals surface area contributed by atoms with Crippen LogP contribution in [0.3, 0.4) is 0 Å². The fourth-order valence-corrected chi connectivity index (χ4v) is 3.62. The van der Waals surface area contributed by atoms with Crippen molar-refractivity contribution in [2.75, 3.05) is 13.1 Å². The highest BCUT2D eigenvalue weighted by molar-refractivity contribution is 6.01. The number of alkyl halides is 5. The zero-order chi connectivity index (χ0) is 27.4. The van der Waals surface area contributed by atoms with Gasteiger partial charge in [0.2, 0.25) is 11.8 Å². The second-order valence-electron chi connectivity index (χ2n) is 8.78. The van der Waals surface area contributed by atoms with E-state index in [1.54, 1.807) is 19.9 Å². The van der Waals surface area contributed by atoms with Crippen LogP contribution in [-0.4, -0.2) is 41.8 Å². The number of rotatable bonds is 7. The molecule has 1 amide bonds. The summed E-state index contributed by atoms with van der Waals surface area (Å²) in [7, 11) is 0. The molecule has 0 spiro atoms. The van der Waals surface area contributed by atoms with Gasteiger partial charge in [-0.1, -0.05) is 53.3 Å². The molecule has 200 valence electrons. The minimum absolute atomic E-state index is 0.0212. The molecule has 0 bridgehead atoms. The molecule has 1 fully saturated rings. The third-order valence-electron chi connectivity index (χ3n) is 4.96. The molecule has 1 saturated heterocycles. The smallest absolute Gasteiger partial charge is 0.405 e. The first-order chi connectivity index (χ1) is 16.1. The first kappa shape index (κ1) is 32.4. The lowest BCUT2D eigenvalue weighted by Crippen LogP contribution is -2.40. The number of aliphatic imine (C=N–C) groups is 1. The molecule has 0 radical (unpaired) electrons. The van der Waals surface area contributed by atoms with Crippen molar-refractivity contribution in [3.63, 3.8) is 0 Å². The molecule has 1 aliphatic rings. The second kappa shape index (κ2) is 14.0. The van der Waals surface area contributed by atoms with Crippen LogP contribution in [-0.2, 0) is 4.79 Å². The molecule has 0 aromatic rings. The number of allylic oxidation sites excluding steroid dienone is 5. The maximum Gasteiger partial charge on any atom is 0.433 e. The number of amides is 1. The lowest BCUT2D eigenvalue weighted by Gasteiger charge is -2.32. The van der Waals surface area contributed by atoms with Crippen molar-refractivity contribution in [2.45, 2.75) is 79.3 Å². The highest BCUT2D eigenvalue weighted by atomic mass is 19.4. The van der Waals surface area contributed by atoms with Gasteiger partial charge in [-0.3, -0.25) is 4.79 Å². The van der Waals surface area contributed by atoms with Crippen molar-refractivity contribution >= 4 is 11.7 Å². The number of hydrogen-bond donors (Lipinski definition) is 2. The fourth-order valence-electron chi connectivity index (χ4n) is 3.62. The Bertz CT molecular complexity index is 839. The van der Waals surface area contributed by atoms with Crippen molar-refractivity contribution in [1.29, 1.82) is 0 Å². The Morgan fingerprint density at radius 2 is 1.86 bits per heavy atom. The monoisotopic (exact) mass is 506 g/mol. The Labute approximate surface area is 205 Å². The van der Waals surface area contributed by atoms with Crippen LogP contribution in [0.25, 0.3) is 0 Å². The van der Waals surface area contributed by atoms with E-state index in [9.17, 15) is 26.7 Å². The van der Waals surface area contributed by atoms with Gasteiger partial charge < -0.3 is 16.0 Å². The lowest BCUT2D eigenvalue weighted by atomic mass is 9.86. The van der Waals surface area contributed by atoms with Crippen molar-refractivity contribution in [1.82, 2.24) is 10.2 Å². The van der Waals surface area contributed by atoms with Gasteiger partial charge in [-0.15, -0.1) is 0 Å². The van der Waals surface area contributed by atoms with Crippen LogP contribution in [0, 0.1) is 5.41 Å². The first-order valence-electron chi connectivity index (χ1n) is 11.6. The molecule has 0 aromatic heterocycles. The normalized spacial score (nSPS) is 19.3. The van der Waals surface area contributed by atoms with Crippen LogP contribution in [0.5, 0.6) is 0 Å². The van der Waals surface area contributed by atoms with Gasteiger partial charge in [0, 0.05) is 31.6 Å². The van der Waals surface area contributed by atoms with E-state index in [4.69, 9.17) is 5.73 Å². The molecule has 1 rings (SSSR count). The van der Waals surface area contributed by atoms with Gasteiger partial charge in [-0.05, 0) is 36.6 Å². The summed E-state index contributed by atoms with van der Waals surface area (Å²) < 4.78 is 69.6. The summed E-state index contributed by atoms with van der Waals surface area (Å²) in [5.41, 5.74) is 3.37. The van der Waals surface area contributed by atoms with Crippen LogP contribution < -0.4 is 11.1 Å². The average Bonchev–Trinajstić information content (AvgIpc) is 2.85. The number of carbonyl (C=O) groups excluding carboxylic acids is 1. The molecule has 1 aliphatic heterocycles. The standard InChI is InChI=1S/C23H33F5N4O.C2H6/c1-6-8-17(9-11-29)30-19(33)13-18(31-20(16(3)7-2)23(26,27)28)32-12-10-22(24,25)14-21(4,5)15-32;1-2/h7-9,11H,2,6,10,12-15,29H2,1,3-5H3,(H,30,33);1-2H3/b11-9-,17-8+,20-16-,31-18?;. The van der Waals surface area contributed by atoms with E-state index in [-0.39, 0.29) is 24.5 Å². The SMILES string of the molecule is C=C/C(C)=C(\N=C(CC(=O)NC(/C=C\N)=C/CC)N1CCC(F)(F)CC(C)(C)C1)C(F)(F)F.CC. The van der Waals surface area contributed by atoms with Crippen LogP contribution in [0.1, 0.15) is 67.2 Å². The number of halogens is 5. The van der Waals surface area contributed by atoms with Crippen molar-refractivity contribution in [2.24, 2.45) is 16.1 Å². The van der Waals surface area contributed by atoms with E-state index in [2.05, 4.69) is 16.9 Å². The van der Waals surface area contributed by atoms with Crippen molar-refractivity contribution in [3.05, 3.63) is 48.0 Å². The Morgan fingerprint density at radius 3 is 2.34 bits per heavy atom. The first-order valence-corrected chi connectivity index (χ1v) is 11.6. The molecule has 0 saturated carbocycles. The number of likely N-dealkylation sites (tertiary alicyclic amines) is 1.